The highest BCUT2D eigenvalue weighted by molar-refractivity contribution is 5.30. The van der Waals surface area contributed by atoms with Crippen molar-refractivity contribution >= 4 is 0 Å². The maximum absolute atomic E-state index is 5.65. The van der Waals surface area contributed by atoms with Crippen LogP contribution in [0.2, 0.25) is 0 Å². The van der Waals surface area contributed by atoms with Gasteiger partial charge in [-0.2, -0.15) is 5.10 Å². The van der Waals surface area contributed by atoms with E-state index in [0.717, 1.165) is 17.8 Å². The minimum Gasteiger partial charge on any atom is -0.326 e. The number of benzene rings is 1. The molecule has 3 nitrogen and oxygen atoms in total. The molecule has 1 aromatic carbocycles. The van der Waals surface area contributed by atoms with Crippen LogP contribution in [0.15, 0.2) is 24.4 Å². The molecular weight excluding hydrogens is 210 g/mol. The molecular formula is C14H19N3. The van der Waals surface area contributed by atoms with Gasteiger partial charge in [-0.25, -0.2) is 0 Å². The van der Waals surface area contributed by atoms with E-state index >= 15 is 0 Å². The Kier molecular flexibility index (Phi) is 3.29. The maximum atomic E-state index is 5.65. The fraction of sp³-hybridized carbons (Fsp3) is 0.357. The minimum absolute atomic E-state index is 0.554. The number of aryl methyl sites for hydroxylation is 3. The van der Waals surface area contributed by atoms with Crippen LogP contribution >= 0.6 is 0 Å². The van der Waals surface area contributed by atoms with Crippen LogP contribution in [0.3, 0.4) is 0 Å². The molecule has 90 valence electrons. The molecule has 0 saturated heterocycles. The molecule has 2 rings (SSSR count). The molecule has 2 N–H and O–H groups in total. The Morgan fingerprint density at radius 2 is 1.94 bits per heavy atom. The number of hydrogen-bond acceptors (Lipinski definition) is 2. The Bertz CT molecular complexity index is 526. The zero-order valence-electron chi connectivity index (χ0n) is 10.7. The van der Waals surface area contributed by atoms with Gasteiger partial charge in [0.05, 0.1) is 12.2 Å². The molecule has 0 amide bonds. The van der Waals surface area contributed by atoms with E-state index < -0.39 is 0 Å². The molecule has 17 heavy (non-hydrogen) atoms. The summed E-state index contributed by atoms with van der Waals surface area (Å²) in [7, 11) is 0. The van der Waals surface area contributed by atoms with Gasteiger partial charge in [0.25, 0.3) is 0 Å². The second-order valence-electron chi connectivity index (χ2n) is 4.56. The molecule has 0 unspecified atom stereocenters. The predicted molar refractivity (Wildman–Crippen MR) is 69.9 cm³/mol. The van der Waals surface area contributed by atoms with E-state index in [-0.39, 0.29) is 0 Å². The standard InChI is InChI=1S/C14H19N3/c1-10-4-5-13(6-11(10)2)8-17-9-14(7-15)12(3)16-17/h4-6,9H,7-8,15H2,1-3H3. The van der Waals surface area contributed by atoms with Crippen LogP contribution in [0.5, 0.6) is 0 Å². The number of nitrogens with two attached hydrogens (primary N) is 1. The molecule has 0 spiro atoms. The Hall–Kier alpha value is -1.61. The summed E-state index contributed by atoms with van der Waals surface area (Å²) in [4.78, 5) is 0. The van der Waals surface area contributed by atoms with Crippen LogP contribution in [0.25, 0.3) is 0 Å². The number of aromatic nitrogens is 2. The minimum atomic E-state index is 0.554. The molecule has 0 bridgehead atoms. The van der Waals surface area contributed by atoms with Crippen molar-refractivity contribution in [2.75, 3.05) is 0 Å². The van der Waals surface area contributed by atoms with E-state index in [9.17, 15) is 0 Å². The maximum Gasteiger partial charge on any atom is 0.0659 e. The molecule has 0 aliphatic rings. The van der Waals surface area contributed by atoms with Crippen LogP contribution in [-0.2, 0) is 13.1 Å². The third kappa shape index (κ3) is 2.56. The summed E-state index contributed by atoms with van der Waals surface area (Å²) in [6.07, 6.45) is 2.03. The molecule has 1 heterocycles. The summed E-state index contributed by atoms with van der Waals surface area (Å²) in [6, 6.07) is 6.53. The van der Waals surface area contributed by atoms with Gasteiger partial charge in [0, 0.05) is 18.3 Å². The molecule has 0 aliphatic carbocycles. The van der Waals surface area contributed by atoms with E-state index in [1.165, 1.54) is 16.7 Å². The molecule has 0 saturated carbocycles. The Morgan fingerprint density at radius 1 is 1.18 bits per heavy atom. The van der Waals surface area contributed by atoms with Crippen molar-refractivity contribution < 1.29 is 0 Å². The Morgan fingerprint density at radius 3 is 2.53 bits per heavy atom. The summed E-state index contributed by atoms with van der Waals surface area (Å²) in [5, 5.41) is 4.47. The third-order valence-corrected chi connectivity index (χ3v) is 3.18. The highest BCUT2D eigenvalue weighted by Crippen LogP contribution is 2.12. The van der Waals surface area contributed by atoms with Crippen molar-refractivity contribution in [2.45, 2.75) is 33.9 Å². The lowest BCUT2D eigenvalue weighted by molar-refractivity contribution is 0.678. The first kappa shape index (κ1) is 11.9. The average molecular weight is 229 g/mol. The van der Waals surface area contributed by atoms with Crippen LogP contribution < -0.4 is 5.73 Å². The second-order valence-corrected chi connectivity index (χ2v) is 4.56. The van der Waals surface area contributed by atoms with E-state index in [1.54, 1.807) is 0 Å². The van der Waals surface area contributed by atoms with Crippen molar-refractivity contribution in [1.29, 1.82) is 0 Å². The van der Waals surface area contributed by atoms with Crippen molar-refractivity contribution in [3.8, 4) is 0 Å². The van der Waals surface area contributed by atoms with Crippen LogP contribution in [0.4, 0.5) is 0 Å². The van der Waals surface area contributed by atoms with Crippen molar-refractivity contribution in [3.05, 3.63) is 52.3 Å². The highest BCUT2D eigenvalue weighted by Gasteiger charge is 2.04. The van der Waals surface area contributed by atoms with Gasteiger partial charge in [-0.3, -0.25) is 4.68 Å². The van der Waals surface area contributed by atoms with E-state index in [2.05, 4.69) is 37.1 Å². The average Bonchev–Trinajstić information content (AvgIpc) is 2.64. The van der Waals surface area contributed by atoms with E-state index in [1.807, 2.05) is 17.8 Å². The third-order valence-electron chi connectivity index (χ3n) is 3.18. The van der Waals surface area contributed by atoms with Gasteiger partial charge in [0.15, 0.2) is 0 Å². The monoisotopic (exact) mass is 229 g/mol. The molecule has 0 atom stereocenters. The molecule has 2 aromatic rings. The van der Waals surface area contributed by atoms with Gasteiger partial charge in [-0.1, -0.05) is 18.2 Å². The fourth-order valence-electron chi connectivity index (χ4n) is 1.93. The Labute approximate surface area is 102 Å². The van der Waals surface area contributed by atoms with Gasteiger partial charge >= 0.3 is 0 Å². The summed E-state index contributed by atoms with van der Waals surface area (Å²) < 4.78 is 1.96. The summed E-state index contributed by atoms with van der Waals surface area (Å²) in [5.41, 5.74) is 11.7. The molecule has 3 heteroatoms. The SMILES string of the molecule is Cc1ccc(Cn2cc(CN)c(C)n2)cc1C. The van der Waals surface area contributed by atoms with Crippen molar-refractivity contribution in [1.82, 2.24) is 9.78 Å². The quantitative estimate of drug-likeness (QED) is 0.877. The highest BCUT2D eigenvalue weighted by atomic mass is 15.3. The van der Waals surface area contributed by atoms with E-state index in [0.29, 0.717) is 6.54 Å². The zero-order valence-corrected chi connectivity index (χ0v) is 10.7. The number of hydrogen-bond donors (Lipinski definition) is 1. The van der Waals surface area contributed by atoms with Gasteiger partial charge < -0.3 is 5.73 Å². The molecule has 0 fully saturated rings. The lowest BCUT2D eigenvalue weighted by Crippen LogP contribution is -2.01. The fourth-order valence-corrected chi connectivity index (χ4v) is 1.93. The van der Waals surface area contributed by atoms with Crippen molar-refractivity contribution in [2.24, 2.45) is 5.73 Å². The molecule has 0 radical (unpaired) electrons. The number of nitrogens with zero attached hydrogens (tertiary/aromatic N) is 2. The first-order chi connectivity index (χ1) is 8.10. The first-order valence-electron chi connectivity index (χ1n) is 5.89. The topological polar surface area (TPSA) is 43.8 Å². The predicted octanol–water partition coefficient (Wildman–Crippen LogP) is 2.32. The largest absolute Gasteiger partial charge is 0.326 e. The van der Waals surface area contributed by atoms with Crippen LogP contribution in [0.1, 0.15) is 27.9 Å². The smallest absolute Gasteiger partial charge is 0.0659 e. The summed E-state index contributed by atoms with van der Waals surface area (Å²) >= 11 is 0. The van der Waals surface area contributed by atoms with Gasteiger partial charge in [0.1, 0.15) is 0 Å². The molecule has 1 aromatic heterocycles. The number of rotatable bonds is 3. The Balaban J connectivity index is 2.22. The second kappa shape index (κ2) is 4.72. The van der Waals surface area contributed by atoms with Gasteiger partial charge in [0.2, 0.25) is 0 Å². The summed E-state index contributed by atoms with van der Waals surface area (Å²) in [6.45, 7) is 7.63. The van der Waals surface area contributed by atoms with E-state index in [4.69, 9.17) is 5.73 Å². The van der Waals surface area contributed by atoms with Crippen molar-refractivity contribution in [3.63, 3.8) is 0 Å². The van der Waals surface area contributed by atoms with Crippen LogP contribution in [-0.4, -0.2) is 9.78 Å². The van der Waals surface area contributed by atoms with Gasteiger partial charge in [-0.15, -0.1) is 0 Å². The summed E-state index contributed by atoms with van der Waals surface area (Å²) in [5.74, 6) is 0. The van der Waals surface area contributed by atoms with Gasteiger partial charge in [-0.05, 0) is 37.5 Å². The lowest BCUT2D eigenvalue weighted by Gasteiger charge is -2.05. The lowest BCUT2D eigenvalue weighted by atomic mass is 10.1. The first-order valence-corrected chi connectivity index (χ1v) is 5.89. The normalized spacial score (nSPS) is 10.8. The zero-order chi connectivity index (χ0) is 12.4. The van der Waals surface area contributed by atoms with Crippen LogP contribution in [0, 0.1) is 20.8 Å². The molecule has 0 aliphatic heterocycles.